The molecule has 134 valence electrons. The van der Waals surface area contributed by atoms with Crippen LogP contribution in [0.25, 0.3) is 16.5 Å². The fraction of sp³-hybridized carbons (Fsp3) is 0.105. The first-order chi connectivity index (χ1) is 12.4. The molecule has 0 unspecified atom stereocenters. The van der Waals surface area contributed by atoms with Gasteiger partial charge in [0.05, 0.1) is 23.2 Å². The lowest BCUT2D eigenvalue weighted by Gasteiger charge is -2.12. The summed E-state index contributed by atoms with van der Waals surface area (Å²) < 4.78 is 33.3. The molecule has 0 bridgehead atoms. The maximum Gasteiger partial charge on any atom is 0.330 e. The van der Waals surface area contributed by atoms with Gasteiger partial charge in [-0.25, -0.2) is 17.2 Å². The Morgan fingerprint density at radius 1 is 1.12 bits per heavy atom. The van der Waals surface area contributed by atoms with Gasteiger partial charge in [0.15, 0.2) is 0 Å². The second kappa shape index (κ2) is 7.09. The molecule has 2 aromatic carbocycles. The predicted molar refractivity (Wildman–Crippen MR) is 104 cm³/mol. The number of hydrogen-bond donors (Lipinski definition) is 0. The molecule has 3 rings (SSSR count). The van der Waals surface area contributed by atoms with Gasteiger partial charge in [-0.05, 0) is 42.8 Å². The van der Waals surface area contributed by atoms with Gasteiger partial charge < -0.3 is 4.74 Å². The summed E-state index contributed by atoms with van der Waals surface area (Å²) in [4.78, 5) is 11.8. The van der Waals surface area contributed by atoms with E-state index in [0.29, 0.717) is 16.8 Å². The Balaban J connectivity index is 2.37. The Kier molecular flexibility index (Phi) is 5.02. The molecule has 0 saturated carbocycles. The van der Waals surface area contributed by atoms with E-state index in [9.17, 15) is 13.2 Å². The molecule has 1 heterocycles. The molecular formula is C19H16BrNO4S. The van der Waals surface area contributed by atoms with Gasteiger partial charge in [0.2, 0.25) is 0 Å². The summed E-state index contributed by atoms with van der Waals surface area (Å²) >= 11 is 3.46. The zero-order valence-corrected chi connectivity index (χ0v) is 16.5. The average molecular weight is 434 g/mol. The third-order valence-electron chi connectivity index (χ3n) is 3.97. The Labute approximate surface area is 160 Å². The Bertz CT molecular complexity index is 1120. The van der Waals surface area contributed by atoms with Crippen LogP contribution in [-0.4, -0.2) is 25.5 Å². The van der Waals surface area contributed by atoms with E-state index < -0.39 is 16.0 Å². The molecule has 0 aliphatic carbocycles. The number of carbonyl (C=O) groups is 1. The van der Waals surface area contributed by atoms with E-state index in [1.54, 1.807) is 55.5 Å². The van der Waals surface area contributed by atoms with Crippen molar-refractivity contribution in [2.75, 3.05) is 7.11 Å². The number of benzene rings is 2. The molecule has 0 N–H and O–H groups in total. The average Bonchev–Trinajstić information content (AvgIpc) is 3.04. The van der Waals surface area contributed by atoms with Crippen molar-refractivity contribution < 1.29 is 17.9 Å². The van der Waals surface area contributed by atoms with Gasteiger partial charge in [0.25, 0.3) is 10.0 Å². The van der Waals surface area contributed by atoms with Crippen LogP contribution in [0.3, 0.4) is 0 Å². The van der Waals surface area contributed by atoms with Gasteiger partial charge in [-0.15, -0.1) is 0 Å². The number of aromatic nitrogens is 1. The zero-order chi connectivity index (χ0) is 18.9. The molecule has 0 atom stereocenters. The maximum atomic E-state index is 13.3. The Morgan fingerprint density at radius 2 is 1.81 bits per heavy atom. The van der Waals surface area contributed by atoms with Crippen LogP contribution in [0.1, 0.15) is 12.6 Å². The fourth-order valence-corrected chi connectivity index (χ4v) is 4.77. The number of ether oxygens (including phenoxy) is 1. The molecule has 1 aromatic heterocycles. The molecule has 0 aliphatic rings. The van der Waals surface area contributed by atoms with E-state index in [1.807, 2.05) is 6.07 Å². The van der Waals surface area contributed by atoms with Crippen molar-refractivity contribution in [2.45, 2.75) is 11.8 Å². The summed E-state index contributed by atoms with van der Waals surface area (Å²) in [5, 5.41) is 0.736. The molecule has 0 amide bonds. The highest BCUT2D eigenvalue weighted by Crippen LogP contribution is 2.33. The van der Waals surface area contributed by atoms with Crippen LogP contribution in [-0.2, 0) is 19.6 Å². The highest BCUT2D eigenvalue weighted by atomic mass is 79.9. The van der Waals surface area contributed by atoms with Crippen LogP contribution in [0.4, 0.5) is 0 Å². The SMILES string of the molecule is COC(=O)/C=C(\C)c1cc2c(Br)cccc2n1S(=O)(=O)c1ccccc1. The number of fused-ring (bicyclic) bond motifs is 1. The molecule has 26 heavy (non-hydrogen) atoms. The molecule has 0 spiro atoms. The molecular weight excluding hydrogens is 418 g/mol. The fourth-order valence-electron chi connectivity index (χ4n) is 2.71. The minimum absolute atomic E-state index is 0.171. The Morgan fingerprint density at radius 3 is 2.46 bits per heavy atom. The summed E-state index contributed by atoms with van der Waals surface area (Å²) in [5.74, 6) is -0.546. The molecule has 3 aromatic rings. The number of methoxy groups -OCH3 is 1. The standard InChI is InChI=1S/C19H16BrNO4S/c1-13(11-19(22)25-2)18-12-15-16(20)9-6-10-17(15)21(18)26(23,24)14-7-4-3-5-8-14/h3-12H,1-2H3/b13-11+. The van der Waals surface area contributed by atoms with Crippen molar-refractivity contribution in [3.63, 3.8) is 0 Å². The number of hydrogen-bond acceptors (Lipinski definition) is 4. The van der Waals surface area contributed by atoms with E-state index in [-0.39, 0.29) is 4.90 Å². The molecule has 0 radical (unpaired) electrons. The lowest BCUT2D eigenvalue weighted by Crippen LogP contribution is -2.15. The third kappa shape index (κ3) is 3.20. The van der Waals surface area contributed by atoms with Gasteiger partial charge in [-0.1, -0.05) is 40.2 Å². The van der Waals surface area contributed by atoms with Crippen LogP contribution < -0.4 is 0 Å². The maximum absolute atomic E-state index is 13.3. The van der Waals surface area contributed by atoms with E-state index in [2.05, 4.69) is 20.7 Å². The van der Waals surface area contributed by atoms with Crippen LogP contribution in [0.5, 0.6) is 0 Å². The van der Waals surface area contributed by atoms with E-state index in [4.69, 9.17) is 0 Å². The van der Waals surface area contributed by atoms with Crippen molar-refractivity contribution >= 4 is 48.4 Å². The lowest BCUT2D eigenvalue weighted by atomic mass is 10.2. The van der Waals surface area contributed by atoms with Gasteiger partial charge in [-0.2, -0.15) is 0 Å². The predicted octanol–water partition coefficient (Wildman–Crippen LogP) is 4.22. The first-order valence-electron chi connectivity index (χ1n) is 7.73. The summed E-state index contributed by atoms with van der Waals surface area (Å²) in [6.45, 7) is 1.68. The second-order valence-electron chi connectivity index (χ2n) is 5.64. The number of nitrogens with zero attached hydrogens (tertiary/aromatic N) is 1. The van der Waals surface area contributed by atoms with Crippen molar-refractivity contribution in [1.82, 2.24) is 3.97 Å². The van der Waals surface area contributed by atoms with Gasteiger partial charge >= 0.3 is 5.97 Å². The summed E-state index contributed by atoms with van der Waals surface area (Å²) in [7, 11) is -2.58. The van der Waals surface area contributed by atoms with E-state index in [0.717, 1.165) is 9.86 Å². The largest absolute Gasteiger partial charge is 0.466 e. The van der Waals surface area contributed by atoms with Crippen LogP contribution in [0.15, 0.2) is 70.0 Å². The normalized spacial score (nSPS) is 12.3. The van der Waals surface area contributed by atoms with Crippen molar-refractivity contribution in [3.8, 4) is 0 Å². The van der Waals surface area contributed by atoms with Crippen molar-refractivity contribution in [3.05, 3.63) is 70.8 Å². The smallest absolute Gasteiger partial charge is 0.330 e. The summed E-state index contributed by atoms with van der Waals surface area (Å²) in [5.41, 5.74) is 1.41. The first-order valence-corrected chi connectivity index (χ1v) is 9.97. The molecule has 0 fully saturated rings. The summed E-state index contributed by atoms with van der Waals surface area (Å²) in [6, 6.07) is 15.3. The molecule has 7 heteroatoms. The Hall–Kier alpha value is -2.38. The number of halogens is 1. The lowest BCUT2D eigenvalue weighted by molar-refractivity contribution is -0.134. The molecule has 0 saturated heterocycles. The van der Waals surface area contributed by atoms with Gasteiger partial charge in [-0.3, -0.25) is 0 Å². The van der Waals surface area contributed by atoms with Crippen molar-refractivity contribution in [1.29, 1.82) is 0 Å². The third-order valence-corrected chi connectivity index (χ3v) is 6.40. The minimum atomic E-state index is -3.85. The van der Waals surface area contributed by atoms with Crippen LogP contribution in [0.2, 0.25) is 0 Å². The van der Waals surface area contributed by atoms with Crippen LogP contribution >= 0.6 is 15.9 Å². The second-order valence-corrected chi connectivity index (χ2v) is 8.28. The summed E-state index contributed by atoms with van der Waals surface area (Å²) in [6.07, 6.45) is 1.28. The quantitative estimate of drug-likeness (QED) is 0.456. The monoisotopic (exact) mass is 433 g/mol. The number of carbonyl (C=O) groups excluding carboxylic acids is 1. The number of esters is 1. The topological polar surface area (TPSA) is 65.4 Å². The number of allylic oxidation sites excluding steroid dienone is 1. The van der Waals surface area contributed by atoms with Crippen LogP contribution in [0, 0.1) is 0 Å². The van der Waals surface area contributed by atoms with Crippen molar-refractivity contribution in [2.24, 2.45) is 0 Å². The zero-order valence-electron chi connectivity index (χ0n) is 14.1. The molecule has 5 nitrogen and oxygen atoms in total. The van der Waals surface area contributed by atoms with Gasteiger partial charge in [0.1, 0.15) is 0 Å². The molecule has 0 aliphatic heterocycles. The highest BCUT2D eigenvalue weighted by Gasteiger charge is 2.24. The first kappa shape index (κ1) is 18.4. The van der Waals surface area contributed by atoms with Gasteiger partial charge in [0, 0.05) is 15.9 Å². The van der Waals surface area contributed by atoms with E-state index >= 15 is 0 Å². The minimum Gasteiger partial charge on any atom is -0.466 e. The highest BCUT2D eigenvalue weighted by molar-refractivity contribution is 9.10. The number of rotatable bonds is 4. The van der Waals surface area contributed by atoms with E-state index in [1.165, 1.54) is 17.2 Å².